The molecule has 0 unspecified atom stereocenters. The van der Waals surface area contributed by atoms with Crippen molar-refractivity contribution in [3.8, 4) is 11.7 Å². The van der Waals surface area contributed by atoms with Crippen LogP contribution in [-0.4, -0.2) is 98.6 Å². The number of sulfone groups is 1. The number of halogens is 1. The van der Waals surface area contributed by atoms with E-state index in [1.165, 1.54) is 41.2 Å². The Morgan fingerprint density at radius 2 is 1.23 bits per heavy atom. The average molecular weight is 1120 g/mol. The number of azo groups is 1. The molecule has 37 heteroatoms. The Labute approximate surface area is 492 Å². The molecule has 0 spiro atoms. The molecule has 0 fully saturated rings. The number of anilines is 5. The number of pyridine rings is 1. The normalized spacial score (nSPS) is 11.8. The predicted octanol–water partition coefficient (Wildman–Crippen LogP) is -14.4. The van der Waals surface area contributed by atoms with Crippen molar-refractivity contribution in [2.75, 3.05) is 28.7 Å². The van der Waals surface area contributed by atoms with E-state index < -0.39 is 117 Å². The number of carbonyl (C=O) groups is 1. The van der Waals surface area contributed by atoms with Crippen LogP contribution in [0.5, 0.6) is 5.75 Å². The predicted molar refractivity (Wildman–Crippen MR) is 215 cm³/mol. The largest absolute Gasteiger partial charge is 1.00 e. The Hall–Kier alpha value is -2.59. The fraction of sp³-hybridized carbons (Fsp3) is 0.0606. The summed E-state index contributed by atoms with van der Waals surface area (Å²) < 4.78 is 171. The summed E-state index contributed by atoms with van der Waals surface area (Å²) in [7, 11) is -25.4. The molecule has 70 heavy (non-hydrogen) atoms. The molecule has 6 aromatic rings. The number of nitrogens with one attached hydrogen (secondary N) is 2. The molecule has 0 aliphatic rings. The van der Waals surface area contributed by atoms with Crippen molar-refractivity contribution in [3.63, 3.8) is 0 Å². The first kappa shape index (κ1) is 65.4. The summed E-state index contributed by atoms with van der Waals surface area (Å²) in [5.41, 5.74) is 8.86. The summed E-state index contributed by atoms with van der Waals surface area (Å²) in [6.45, 7) is -0.935. The van der Waals surface area contributed by atoms with Gasteiger partial charge in [0.1, 0.15) is 47.5 Å². The molecule has 0 aliphatic heterocycles. The maximum Gasteiger partial charge on any atom is 1.00 e. The molecule has 6 rings (SSSR count). The van der Waals surface area contributed by atoms with Gasteiger partial charge in [-0.25, -0.2) is 46.7 Å². The minimum atomic E-state index is -5.47. The third-order valence-electron chi connectivity index (χ3n) is 8.48. The van der Waals surface area contributed by atoms with Crippen molar-refractivity contribution in [1.29, 1.82) is 0 Å². The Kier molecular flexibility index (Phi) is 23.9. The average Bonchev–Trinajstić information content (AvgIpc) is 3.19. The molecule has 0 radical (unpaired) electrons. The quantitative estimate of drug-likeness (QED) is 0.0150. The third-order valence-corrected chi connectivity index (χ3v) is 13.2. The fourth-order valence-electron chi connectivity index (χ4n) is 5.59. The van der Waals surface area contributed by atoms with Gasteiger partial charge in [0.05, 0.1) is 55.4 Å². The van der Waals surface area contributed by atoms with Gasteiger partial charge in [-0.2, -0.15) is 0 Å². The van der Waals surface area contributed by atoms with Gasteiger partial charge in [0, 0.05) is 16.9 Å². The van der Waals surface area contributed by atoms with E-state index in [0.29, 0.717) is 18.2 Å². The van der Waals surface area contributed by atoms with Crippen molar-refractivity contribution in [3.05, 3.63) is 90.8 Å². The Balaban J connectivity index is 0.00000490. The number of fused-ring (bicyclic) bond motifs is 1. The zero-order valence-corrected chi connectivity index (χ0v) is 49.1. The standard InChI is InChI=1S/C33H28N10O17S5.ClH.4Na/c34-28-26(64(54,55)56)14-18-13-22(62(48,49)50)16-24(44)27(18)29(28)42-41-23-15-20(3-6-25(23)63(51,52)53)37-32-38-31(39-33(40-32)43-9-7-17(8-10-43)30(35)45)36-19-1-4-21(5-2-19)61(46,47)12-11-60-65(57,58)59;;;;;/h1-10,13-16,34H,11-12,35H2,(H7,36,37,38,39,40,45,48,49,50,51,52,53,54,55,56,57,58,59);1H;;;;/q;;4*+1/p-4. The zero-order chi connectivity index (χ0) is 47.9. The number of nitrogen functional groups attached to an aromatic ring is 1. The van der Waals surface area contributed by atoms with Crippen molar-refractivity contribution >= 4 is 108 Å². The molecule has 27 nitrogen and oxygen atoms in total. The Morgan fingerprint density at radius 1 is 0.686 bits per heavy atom. The second-order valence-corrected chi connectivity index (χ2v) is 20.1. The smallest absolute Gasteiger partial charge is 1.00 e. The van der Waals surface area contributed by atoms with Crippen LogP contribution in [0.4, 0.5) is 40.3 Å². The summed E-state index contributed by atoms with van der Waals surface area (Å²) in [4.78, 5) is 21.0. The van der Waals surface area contributed by atoms with E-state index in [0.717, 1.165) is 30.3 Å². The monoisotopic (exact) mass is 1120 g/mol. The van der Waals surface area contributed by atoms with Crippen LogP contribution in [0.15, 0.2) is 115 Å². The number of nitrogens with two attached hydrogens (primary N) is 2. The maximum absolute atomic E-state index is 12.6. The first-order chi connectivity index (χ1) is 30.1. The van der Waals surface area contributed by atoms with Crippen LogP contribution in [0, 0.1) is 0 Å². The van der Waals surface area contributed by atoms with Crippen LogP contribution in [0.25, 0.3) is 16.7 Å². The minimum Gasteiger partial charge on any atom is -1.00 e. The molecule has 4 aromatic carbocycles. The van der Waals surface area contributed by atoms with Crippen molar-refractivity contribution in [1.82, 2.24) is 15.0 Å². The van der Waals surface area contributed by atoms with E-state index >= 15 is 0 Å². The number of nitrogens with zero attached hydrogens (tertiary/aromatic N) is 6. The number of primary amides is 1. The van der Waals surface area contributed by atoms with Crippen molar-refractivity contribution < 1.29 is 210 Å². The second-order valence-electron chi connectivity index (χ2n) is 12.9. The molecule has 1 amide bonds. The maximum atomic E-state index is 12.6. The first-order valence-electron chi connectivity index (χ1n) is 17.2. The second kappa shape index (κ2) is 25.6. The third kappa shape index (κ3) is 16.7. The van der Waals surface area contributed by atoms with Gasteiger partial charge in [0.15, 0.2) is 9.84 Å². The molecule has 0 bridgehead atoms. The Morgan fingerprint density at radius 3 is 1.74 bits per heavy atom. The summed E-state index contributed by atoms with van der Waals surface area (Å²) in [6, 6.07) is 11.8. The number of benzene rings is 4. The number of rotatable bonds is 16. The molecular formula is C33H25ClN10Na4O17S5. The SMILES string of the molecule is NC(=O)c1cc[n+](-c2nc(Nc3ccc(S(=O)(=O)CCOS(=O)(=O)[O-])cc3)nc(Nc3ccc(S(=O)(=O)[O-])c(N=Nc4c(N)c(S(=O)(=O)[O-])cc5cc(S(=O)(=O)[O-])cc(O)c45)c3)n2)cc1.[Cl-].[Na+].[Na+].[Na+].[Na+]. The van der Waals surface area contributed by atoms with Crippen LogP contribution >= 0.6 is 0 Å². The van der Waals surface area contributed by atoms with Crippen LogP contribution in [0.2, 0.25) is 0 Å². The molecule has 0 saturated heterocycles. The van der Waals surface area contributed by atoms with E-state index in [2.05, 4.69) is 40.0 Å². The van der Waals surface area contributed by atoms with Crippen LogP contribution in [0.1, 0.15) is 10.4 Å². The molecule has 350 valence electrons. The van der Waals surface area contributed by atoms with Crippen LogP contribution in [-0.2, 0) is 54.8 Å². The topological polar surface area (TPSA) is 453 Å². The van der Waals surface area contributed by atoms with Gasteiger partial charge >= 0.3 is 136 Å². The van der Waals surface area contributed by atoms with Gasteiger partial charge in [-0.15, -0.1) is 15.2 Å². The zero-order valence-electron chi connectivity index (χ0n) is 36.2. The molecule has 2 heterocycles. The van der Waals surface area contributed by atoms with E-state index in [1.54, 1.807) is 0 Å². The van der Waals surface area contributed by atoms with E-state index in [-0.39, 0.29) is 170 Å². The summed E-state index contributed by atoms with van der Waals surface area (Å²) >= 11 is 0. The van der Waals surface area contributed by atoms with Crippen molar-refractivity contribution in [2.24, 2.45) is 16.0 Å². The number of aromatic nitrogens is 4. The van der Waals surface area contributed by atoms with Gasteiger partial charge in [-0.1, -0.05) is 0 Å². The van der Waals surface area contributed by atoms with Gasteiger partial charge < -0.3 is 57.8 Å². The van der Waals surface area contributed by atoms with Gasteiger partial charge in [0.25, 0.3) is 0 Å². The molecule has 7 N–H and O–H groups in total. The number of phenols is 1. The van der Waals surface area contributed by atoms with Crippen LogP contribution < -0.4 is 157 Å². The molecule has 2 aromatic heterocycles. The summed E-state index contributed by atoms with van der Waals surface area (Å²) in [6.07, 6.45) is 2.69. The number of hydrogen-bond donors (Lipinski definition) is 5. The molecular weight excluding hydrogens is 1100 g/mol. The van der Waals surface area contributed by atoms with E-state index in [9.17, 15) is 70.2 Å². The van der Waals surface area contributed by atoms with E-state index in [4.69, 9.17) is 11.5 Å². The number of hydrogen-bond acceptors (Lipinski definition) is 25. The van der Waals surface area contributed by atoms with Gasteiger partial charge in [0.2, 0.25) is 16.3 Å². The fourth-order valence-corrected chi connectivity index (χ4v) is 8.83. The number of amides is 1. The number of carbonyl (C=O) groups excluding carboxylic acids is 1. The Bertz CT molecular complexity index is 3550. The van der Waals surface area contributed by atoms with Crippen LogP contribution in [0.3, 0.4) is 0 Å². The summed E-state index contributed by atoms with van der Waals surface area (Å²) in [5, 5.41) is 22.6. The molecule has 0 atom stereocenters. The van der Waals surface area contributed by atoms with Gasteiger partial charge in [-0.05, 0) is 88.2 Å². The molecule has 0 aliphatic carbocycles. The van der Waals surface area contributed by atoms with Crippen molar-refractivity contribution in [2.45, 2.75) is 19.6 Å². The van der Waals surface area contributed by atoms with Gasteiger partial charge in [-0.3, -0.25) is 8.98 Å². The number of phenolic OH excluding ortho intramolecular Hbond substituents is 1. The minimum absolute atomic E-state index is 0. The first-order valence-corrected chi connectivity index (χ1v) is 24.4. The van der Waals surface area contributed by atoms with E-state index in [1.807, 2.05) is 0 Å². The number of aromatic hydroxyl groups is 1. The molecule has 0 saturated carbocycles. The summed E-state index contributed by atoms with van der Waals surface area (Å²) in [5.74, 6) is -3.35.